The molecule has 4 aliphatic heterocycles. The lowest BCUT2D eigenvalue weighted by Crippen LogP contribution is -2.49. The summed E-state index contributed by atoms with van der Waals surface area (Å²) in [5, 5.41) is 46.5. The predicted octanol–water partition coefficient (Wildman–Crippen LogP) is 3.08. The number of esters is 1. The number of hydrogen-bond acceptors (Lipinski definition) is 12. The molecule has 12 heteroatoms. The Hall–Kier alpha value is -4.36. The molecule has 2 aromatic rings. The first-order chi connectivity index (χ1) is 27.1. The standard InChI is InChI=1S/C44H51NO11/c1-3-53-43(51)42-32(20-48)36-26-13-27(19-47)38(50)30(15-26)29-14-25-11-12-45-34(25)16-24(29)10-9-23(18-46)22-54-40-31-17-35(44(2,52)28-7-5-4-6-8-28)55-39(31)33(21-49)41(56-42)37(36)40/h11,14,16,20,23,27-28,30,35,46-47,49,52H,3-10,12-13,15,17-19,21-22H2,1-2H3. The third-order valence-corrected chi connectivity index (χ3v) is 13.0. The minimum atomic E-state index is -1.23. The fourth-order valence-corrected chi connectivity index (χ4v) is 9.91. The summed E-state index contributed by atoms with van der Waals surface area (Å²) in [6.45, 7) is 2.83. The van der Waals surface area contributed by atoms with Crippen LogP contribution in [0.1, 0.15) is 98.9 Å². The van der Waals surface area contributed by atoms with Gasteiger partial charge in [-0.05, 0) is 86.8 Å². The van der Waals surface area contributed by atoms with Crippen LogP contribution in [0.3, 0.4) is 0 Å². The second-order valence-electron chi connectivity index (χ2n) is 16.3. The van der Waals surface area contributed by atoms with E-state index in [9.17, 15) is 34.8 Å². The minimum Gasteiger partial charge on any atom is -0.492 e. The van der Waals surface area contributed by atoms with Crippen LogP contribution < -0.4 is 24.8 Å². The zero-order chi connectivity index (χ0) is 39.3. The third-order valence-electron chi connectivity index (χ3n) is 13.0. The van der Waals surface area contributed by atoms with Crippen LogP contribution in [-0.2, 0) is 38.6 Å². The van der Waals surface area contributed by atoms with Crippen LogP contribution in [0.25, 0.3) is 11.6 Å². The molecule has 2 aliphatic carbocycles. The Bertz CT molecular complexity index is 2140. The number of aryl methyl sites for hydroxylation is 1. The Kier molecular flexibility index (Phi) is 10.7. The van der Waals surface area contributed by atoms with Gasteiger partial charge in [0.25, 0.3) is 0 Å². The fraction of sp³-hybridized carbons (Fsp3) is 0.545. The van der Waals surface area contributed by atoms with Gasteiger partial charge in [0, 0.05) is 41.9 Å². The van der Waals surface area contributed by atoms with Gasteiger partial charge in [0.1, 0.15) is 34.7 Å². The molecule has 12 nitrogen and oxygen atoms in total. The highest BCUT2D eigenvalue weighted by molar-refractivity contribution is 6.11. The van der Waals surface area contributed by atoms with E-state index in [2.05, 4.69) is 4.99 Å². The lowest BCUT2D eigenvalue weighted by atomic mass is 9.70. The van der Waals surface area contributed by atoms with Crippen molar-refractivity contribution in [3.8, 4) is 17.2 Å². The summed E-state index contributed by atoms with van der Waals surface area (Å²) >= 11 is 0. The van der Waals surface area contributed by atoms with Crippen molar-refractivity contribution in [1.29, 1.82) is 0 Å². The fourth-order valence-electron chi connectivity index (χ4n) is 9.91. The van der Waals surface area contributed by atoms with E-state index in [0.717, 1.165) is 53.8 Å². The number of aliphatic hydroxyl groups is 4. The molecule has 4 heterocycles. The quantitative estimate of drug-likeness (QED) is 0.229. The number of carbonyl (C=O) groups is 3. The Balaban J connectivity index is 1.40. The van der Waals surface area contributed by atoms with Gasteiger partial charge in [0.15, 0.2) is 6.29 Å². The van der Waals surface area contributed by atoms with Crippen LogP contribution in [0.5, 0.6) is 17.2 Å². The van der Waals surface area contributed by atoms with E-state index in [1.165, 1.54) is 0 Å². The van der Waals surface area contributed by atoms with Crippen molar-refractivity contribution in [2.75, 3.05) is 33.0 Å². The zero-order valence-corrected chi connectivity index (χ0v) is 32.1. The van der Waals surface area contributed by atoms with Crippen molar-refractivity contribution in [2.24, 2.45) is 22.7 Å². The highest BCUT2D eigenvalue weighted by atomic mass is 16.6. The van der Waals surface area contributed by atoms with E-state index >= 15 is 0 Å². The van der Waals surface area contributed by atoms with Crippen LogP contribution in [0, 0.1) is 17.8 Å². The summed E-state index contributed by atoms with van der Waals surface area (Å²) < 4.78 is 25.2. The smallest absolute Gasteiger partial charge is 0.375 e. The number of fused-ring (bicyclic) bond motifs is 7. The molecule has 4 N–H and O–H groups in total. The Morgan fingerprint density at radius 3 is 2.55 bits per heavy atom. The molecule has 298 valence electrons. The molecule has 56 heavy (non-hydrogen) atoms. The zero-order valence-electron chi connectivity index (χ0n) is 32.1. The van der Waals surface area contributed by atoms with E-state index in [1.54, 1.807) is 13.8 Å². The van der Waals surface area contributed by atoms with Gasteiger partial charge in [0.05, 0.1) is 55.0 Å². The van der Waals surface area contributed by atoms with Gasteiger partial charge in [-0.25, -0.2) is 4.79 Å². The van der Waals surface area contributed by atoms with Crippen molar-refractivity contribution < 1.29 is 53.8 Å². The number of Topliss-reactive ketones (excluding diaryl/α,β-unsaturated/α-hetero) is 1. The number of ether oxygens (including phenoxy) is 4. The van der Waals surface area contributed by atoms with E-state index in [-0.39, 0.29) is 85.1 Å². The van der Waals surface area contributed by atoms with Gasteiger partial charge in [-0.1, -0.05) is 30.9 Å². The van der Waals surface area contributed by atoms with Crippen molar-refractivity contribution in [2.45, 2.75) is 102 Å². The monoisotopic (exact) mass is 769 g/mol. The van der Waals surface area contributed by atoms with E-state index < -0.39 is 42.7 Å². The summed E-state index contributed by atoms with van der Waals surface area (Å²) in [5.41, 5.74) is 2.46. The van der Waals surface area contributed by atoms with E-state index in [0.29, 0.717) is 53.7 Å². The molecule has 6 aliphatic rings. The average molecular weight is 770 g/mol. The molecule has 0 aromatic heterocycles. The first kappa shape index (κ1) is 38.5. The number of rotatable bonds is 8. The lowest BCUT2D eigenvalue weighted by molar-refractivity contribution is -0.141. The summed E-state index contributed by atoms with van der Waals surface area (Å²) in [7, 11) is 0. The highest BCUT2D eigenvalue weighted by Gasteiger charge is 2.49. The maximum Gasteiger partial charge on any atom is 0.375 e. The third kappa shape index (κ3) is 6.48. The second-order valence-corrected chi connectivity index (χ2v) is 16.3. The van der Waals surface area contributed by atoms with Crippen molar-refractivity contribution in [1.82, 2.24) is 0 Å². The van der Waals surface area contributed by atoms with Gasteiger partial charge < -0.3 is 39.4 Å². The molecule has 5 atom stereocenters. The number of allylic oxidation sites excluding steroid dienone is 3. The number of aliphatic hydroxyl groups excluding tert-OH is 3. The Morgan fingerprint density at radius 1 is 1.04 bits per heavy atom. The van der Waals surface area contributed by atoms with E-state index in [4.69, 9.17) is 18.9 Å². The van der Waals surface area contributed by atoms with Crippen LogP contribution in [0.4, 0.5) is 0 Å². The molecule has 0 amide bonds. The van der Waals surface area contributed by atoms with Crippen molar-refractivity contribution >= 4 is 29.7 Å². The highest BCUT2D eigenvalue weighted by Crippen LogP contribution is 2.57. The molecule has 2 aromatic carbocycles. The average Bonchev–Trinajstić information content (AvgIpc) is 3.88. The molecular formula is C44H51NO11. The van der Waals surface area contributed by atoms with Crippen LogP contribution in [0.15, 0.2) is 34.0 Å². The molecule has 8 rings (SSSR count). The van der Waals surface area contributed by atoms with Crippen LogP contribution in [-0.4, -0.2) is 83.1 Å². The van der Waals surface area contributed by atoms with Gasteiger partial charge in [0.2, 0.25) is 5.76 Å². The van der Waals surface area contributed by atoms with Crippen molar-refractivity contribution in [3.63, 3.8) is 0 Å². The van der Waals surface area contributed by atoms with Crippen LogP contribution in [0.2, 0.25) is 0 Å². The van der Waals surface area contributed by atoms with Crippen molar-refractivity contribution in [3.05, 3.63) is 67.4 Å². The molecule has 2 fully saturated rings. The second kappa shape index (κ2) is 15.5. The molecule has 0 radical (unpaired) electrons. The molecule has 2 bridgehead atoms. The number of aldehydes is 1. The van der Waals surface area contributed by atoms with Gasteiger partial charge in [-0.3, -0.25) is 14.6 Å². The first-order valence-corrected chi connectivity index (χ1v) is 20.2. The lowest BCUT2D eigenvalue weighted by Gasteiger charge is -2.39. The van der Waals surface area contributed by atoms with Crippen LogP contribution >= 0.6 is 0 Å². The van der Waals surface area contributed by atoms with Gasteiger partial charge in [-0.2, -0.15) is 0 Å². The number of nitrogens with zero attached hydrogens (tertiary/aromatic N) is 1. The summed E-state index contributed by atoms with van der Waals surface area (Å²) in [4.78, 5) is 46.0. The van der Waals surface area contributed by atoms with Gasteiger partial charge in [-0.15, -0.1) is 0 Å². The number of carbonyl (C=O) groups excluding carboxylic acids is 3. The number of hydrogen-bond donors (Lipinski definition) is 4. The molecule has 5 unspecified atom stereocenters. The first-order valence-electron chi connectivity index (χ1n) is 20.2. The topological polar surface area (TPSA) is 181 Å². The molecule has 0 saturated heterocycles. The summed E-state index contributed by atoms with van der Waals surface area (Å²) in [6, 6.07) is 4.02. The largest absolute Gasteiger partial charge is 0.492 e. The van der Waals surface area contributed by atoms with Gasteiger partial charge >= 0.3 is 5.97 Å². The molecule has 0 spiro atoms. The SMILES string of the molecule is CCOC(=O)C1=C(C=O)C2=C3CC(CO)C(=O)C(C3)c3cc4c(cc3CCC(CO)COc3c5c(c(CO)c(c32)O1)OC(C(C)(O)C1CCCCC1)C5)=NCC=4. The number of ketones is 1. The Morgan fingerprint density at radius 2 is 1.84 bits per heavy atom. The molecule has 2 saturated carbocycles. The summed E-state index contributed by atoms with van der Waals surface area (Å²) in [6.07, 6.45) is 8.21. The normalized spacial score (nSPS) is 25.6. The van der Waals surface area contributed by atoms with E-state index in [1.807, 2.05) is 18.2 Å². The predicted molar refractivity (Wildman–Crippen MR) is 203 cm³/mol. The molecular weight excluding hydrogens is 718 g/mol. The Labute approximate surface area is 325 Å². The number of benzene rings is 2. The minimum absolute atomic E-state index is 0.000835. The summed E-state index contributed by atoms with van der Waals surface area (Å²) in [5.74, 6) is -2.64. The maximum atomic E-state index is 14.3. The maximum absolute atomic E-state index is 14.3.